The van der Waals surface area contributed by atoms with Crippen LogP contribution in [0.4, 0.5) is 5.82 Å². The standard InChI is InChI=1S/C26H33N5O3S2/c1-2-3-4-5-6-8-14-31-25(34)20(36-26(31)35)17-19-23(29-15-11-18(12-16-29)22(27)32)28-21-10-7-9-13-30(21)24(19)33/h7,9-10,13,17-18H,2-6,8,11-12,14-16H2,1H3,(H2,27,32). The van der Waals surface area contributed by atoms with E-state index in [1.807, 2.05) is 11.0 Å². The first-order chi connectivity index (χ1) is 17.4. The molecular weight excluding hydrogens is 494 g/mol. The van der Waals surface area contributed by atoms with Crippen LogP contribution in [0.2, 0.25) is 0 Å². The molecule has 0 radical (unpaired) electrons. The summed E-state index contributed by atoms with van der Waals surface area (Å²) in [6.45, 7) is 3.90. The first kappa shape index (κ1) is 26.3. The maximum absolute atomic E-state index is 13.5. The molecule has 2 fully saturated rings. The van der Waals surface area contributed by atoms with Crippen LogP contribution in [-0.4, -0.2) is 50.1 Å². The SMILES string of the molecule is CCCCCCCCN1C(=O)C(=Cc2c(N3CCC(C(N)=O)CC3)nc3ccccn3c2=O)SC1=S. The molecule has 10 heteroatoms. The van der Waals surface area contributed by atoms with Crippen LogP contribution in [0.5, 0.6) is 0 Å². The minimum atomic E-state index is -0.296. The normalized spacial score (nSPS) is 18.1. The van der Waals surface area contributed by atoms with E-state index in [0.717, 1.165) is 19.3 Å². The Morgan fingerprint density at radius 3 is 2.61 bits per heavy atom. The number of nitrogens with two attached hydrogens (primary N) is 1. The summed E-state index contributed by atoms with van der Waals surface area (Å²) in [4.78, 5) is 47.3. The third-order valence-electron chi connectivity index (χ3n) is 6.83. The van der Waals surface area contributed by atoms with E-state index in [9.17, 15) is 14.4 Å². The van der Waals surface area contributed by atoms with Crippen molar-refractivity contribution in [2.24, 2.45) is 11.7 Å². The molecule has 0 aromatic carbocycles. The number of carbonyl (C=O) groups excluding carboxylic acids is 2. The van der Waals surface area contributed by atoms with Crippen molar-refractivity contribution in [2.45, 2.75) is 58.3 Å². The van der Waals surface area contributed by atoms with Gasteiger partial charge in [0.2, 0.25) is 5.91 Å². The highest BCUT2D eigenvalue weighted by Gasteiger charge is 2.33. The molecule has 2 aromatic heterocycles. The molecule has 0 bridgehead atoms. The monoisotopic (exact) mass is 527 g/mol. The second kappa shape index (κ2) is 12.0. The number of thioether (sulfide) groups is 1. The van der Waals surface area contributed by atoms with Gasteiger partial charge in [0, 0.05) is 31.7 Å². The Kier molecular flexibility index (Phi) is 8.79. The lowest BCUT2D eigenvalue weighted by Crippen LogP contribution is -2.40. The summed E-state index contributed by atoms with van der Waals surface area (Å²) in [5.74, 6) is -0.107. The van der Waals surface area contributed by atoms with Crippen molar-refractivity contribution in [3.63, 3.8) is 0 Å². The molecular formula is C26H33N5O3S2. The van der Waals surface area contributed by atoms with Gasteiger partial charge in [-0.1, -0.05) is 69.1 Å². The van der Waals surface area contributed by atoms with Gasteiger partial charge in [0.15, 0.2) is 0 Å². The lowest BCUT2D eigenvalue weighted by molar-refractivity contribution is -0.123. The predicted octanol–water partition coefficient (Wildman–Crippen LogP) is 3.96. The molecule has 36 heavy (non-hydrogen) atoms. The number of hydrogen-bond donors (Lipinski definition) is 1. The molecule has 0 spiro atoms. The van der Waals surface area contributed by atoms with Crippen LogP contribution in [0.1, 0.15) is 63.9 Å². The van der Waals surface area contributed by atoms with E-state index in [1.54, 1.807) is 29.3 Å². The number of fused-ring (bicyclic) bond motifs is 1. The molecule has 4 rings (SSSR count). The first-order valence-corrected chi connectivity index (χ1v) is 13.9. The number of carbonyl (C=O) groups is 2. The fraction of sp³-hybridized carbons (Fsp3) is 0.500. The number of unbranched alkanes of at least 4 members (excludes halogenated alkanes) is 5. The van der Waals surface area contributed by atoms with E-state index in [2.05, 4.69) is 6.92 Å². The summed E-state index contributed by atoms with van der Waals surface area (Å²) in [6.07, 6.45) is 11.3. The van der Waals surface area contributed by atoms with Crippen molar-refractivity contribution in [3.8, 4) is 0 Å². The van der Waals surface area contributed by atoms with Crippen LogP contribution < -0.4 is 16.2 Å². The van der Waals surface area contributed by atoms with E-state index in [4.69, 9.17) is 22.9 Å². The lowest BCUT2D eigenvalue weighted by Gasteiger charge is -2.32. The first-order valence-electron chi connectivity index (χ1n) is 12.7. The number of amides is 2. The highest BCUT2D eigenvalue weighted by Crippen LogP contribution is 2.34. The van der Waals surface area contributed by atoms with Gasteiger partial charge in [-0.2, -0.15) is 0 Å². The van der Waals surface area contributed by atoms with Crippen LogP contribution in [0.15, 0.2) is 34.1 Å². The third kappa shape index (κ3) is 5.81. The van der Waals surface area contributed by atoms with Gasteiger partial charge >= 0.3 is 0 Å². The second-order valence-corrected chi connectivity index (χ2v) is 11.0. The van der Waals surface area contributed by atoms with Crippen LogP contribution >= 0.6 is 24.0 Å². The van der Waals surface area contributed by atoms with Crippen molar-refractivity contribution in [2.75, 3.05) is 24.5 Å². The van der Waals surface area contributed by atoms with E-state index >= 15 is 0 Å². The zero-order valence-electron chi connectivity index (χ0n) is 20.6. The number of nitrogens with zero attached hydrogens (tertiary/aromatic N) is 4. The quantitative estimate of drug-likeness (QED) is 0.284. The molecule has 2 aliphatic heterocycles. The van der Waals surface area contributed by atoms with Crippen molar-refractivity contribution >= 4 is 57.7 Å². The smallest absolute Gasteiger partial charge is 0.267 e. The van der Waals surface area contributed by atoms with Crippen LogP contribution in [0, 0.1) is 5.92 Å². The Hall–Kier alpha value is -2.72. The van der Waals surface area contributed by atoms with Gasteiger partial charge < -0.3 is 10.6 Å². The summed E-state index contributed by atoms with van der Waals surface area (Å²) in [5, 5.41) is 0. The van der Waals surface area contributed by atoms with Gasteiger partial charge in [-0.25, -0.2) is 4.98 Å². The molecule has 8 nitrogen and oxygen atoms in total. The summed E-state index contributed by atoms with van der Waals surface area (Å²) in [6, 6.07) is 5.39. The number of piperidine rings is 1. The maximum atomic E-state index is 13.5. The second-order valence-electron chi connectivity index (χ2n) is 9.35. The molecule has 2 saturated heterocycles. The van der Waals surface area contributed by atoms with Gasteiger partial charge in [0.1, 0.15) is 15.8 Å². The van der Waals surface area contributed by atoms with E-state index < -0.39 is 0 Å². The topological polar surface area (TPSA) is 101 Å². The Labute approximate surface area is 220 Å². The van der Waals surface area contributed by atoms with Gasteiger partial charge in [-0.3, -0.25) is 23.7 Å². The van der Waals surface area contributed by atoms with Crippen molar-refractivity contribution in [1.82, 2.24) is 14.3 Å². The lowest BCUT2D eigenvalue weighted by atomic mass is 9.96. The minimum Gasteiger partial charge on any atom is -0.369 e. The third-order valence-corrected chi connectivity index (χ3v) is 8.21. The molecule has 192 valence electrons. The van der Waals surface area contributed by atoms with E-state index in [1.165, 1.54) is 35.4 Å². The number of pyridine rings is 1. The molecule has 0 saturated carbocycles. The minimum absolute atomic E-state index is 0.158. The number of primary amides is 1. The molecule has 4 heterocycles. The van der Waals surface area contributed by atoms with Crippen molar-refractivity contribution in [1.29, 1.82) is 0 Å². The number of rotatable bonds is 10. The molecule has 2 N–H and O–H groups in total. The Morgan fingerprint density at radius 2 is 1.89 bits per heavy atom. The van der Waals surface area contributed by atoms with Gasteiger partial charge in [-0.15, -0.1) is 0 Å². The summed E-state index contributed by atoms with van der Waals surface area (Å²) < 4.78 is 2.01. The van der Waals surface area contributed by atoms with Crippen LogP contribution in [0.3, 0.4) is 0 Å². The zero-order valence-corrected chi connectivity index (χ0v) is 22.3. The zero-order chi connectivity index (χ0) is 25.7. The largest absolute Gasteiger partial charge is 0.369 e. The van der Waals surface area contributed by atoms with Crippen molar-refractivity contribution in [3.05, 3.63) is 45.2 Å². The molecule has 0 atom stereocenters. The number of aromatic nitrogens is 2. The fourth-order valence-corrected chi connectivity index (χ4v) is 6.00. The van der Waals surface area contributed by atoms with Crippen LogP contribution in [0.25, 0.3) is 11.7 Å². The Bertz CT molecular complexity index is 1230. The average Bonchev–Trinajstić information content (AvgIpc) is 3.15. The molecule has 0 aliphatic carbocycles. The Balaban J connectivity index is 1.60. The molecule has 2 aromatic rings. The Morgan fingerprint density at radius 1 is 1.17 bits per heavy atom. The molecule has 2 amide bonds. The van der Waals surface area contributed by atoms with E-state index in [-0.39, 0.29) is 23.3 Å². The summed E-state index contributed by atoms with van der Waals surface area (Å²) in [7, 11) is 0. The number of hydrogen-bond acceptors (Lipinski definition) is 7. The fourth-order valence-electron chi connectivity index (χ4n) is 4.71. The predicted molar refractivity (Wildman–Crippen MR) is 149 cm³/mol. The van der Waals surface area contributed by atoms with E-state index in [0.29, 0.717) is 58.7 Å². The summed E-state index contributed by atoms with van der Waals surface area (Å²) in [5.41, 5.74) is 6.15. The van der Waals surface area contributed by atoms with Gasteiger partial charge in [0.05, 0.1) is 10.5 Å². The van der Waals surface area contributed by atoms with Crippen molar-refractivity contribution < 1.29 is 9.59 Å². The summed E-state index contributed by atoms with van der Waals surface area (Å²) >= 11 is 6.75. The maximum Gasteiger partial charge on any atom is 0.267 e. The number of thiocarbonyl (C=S) groups is 1. The highest BCUT2D eigenvalue weighted by atomic mass is 32.2. The average molecular weight is 528 g/mol. The molecule has 0 unspecified atom stereocenters. The van der Waals surface area contributed by atoms with Crippen LogP contribution in [-0.2, 0) is 9.59 Å². The van der Waals surface area contributed by atoms with Gasteiger partial charge in [0.25, 0.3) is 11.5 Å². The molecule has 2 aliphatic rings. The number of anilines is 1. The highest BCUT2D eigenvalue weighted by molar-refractivity contribution is 8.26. The van der Waals surface area contributed by atoms with Gasteiger partial charge in [-0.05, 0) is 37.5 Å².